The third kappa shape index (κ3) is 4.49. The SMILES string of the molecule is CNC(=O)c1[nH]c(C(=O)NC2CC[C@@H](O)C2)cc1O[C@H](C)c1ccccc1. The second-order valence-corrected chi connectivity index (χ2v) is 6.81. The molecule has 1 saturated carbocycles. The smallest absolute Gasteiger partial charge is 0.271 e. The fourth-order valence-corrected chi connectivity index (χ4v) is 3.28. The molecule has 7 heteroatoms. The van der Waals surface area contributed by atoms with E-state index in [9.17, 15) is 14.7 Å². The number of rotatable bonds is 6. The van der Waals surface area contributed by atoms with Crippen LogP contribution in [0.25, 0.3) is 0 Å². The standard InChI is InChI=1S/C20H25N3O4/c1-12(13-6-4-3-5-7-13)27-17-11-16(23-18(17)20(26)21-2)19(25)22-14-8-9-15(24)10-14/h3-7,11-12,14-15,23-24H,8-10H2,1-2H3,(H,21,26)(H,22,25)/t12-,14?,15-/m1/s1. The number of benzene rings is 1. The normalized spacial score (nSPS) is 20.1. The van der Waals surface area contributed by atoms with Crippen molar-refractivity contribution in [3.63, 3.8) is 0 Å². The molecule has 7 nitrogen and oxygen atoms in total. The molecule has 1 unspecified atom stereocenters. The van der Waals surface area contributed by atoms with Crippen molar-refractivity contribution in [3.05, 3.63) is 53.3 Å². The van der Waals surface area contributed by atoms with Gasteiger partial charge in [-0.15, -0.1) is 0 Å². The number of aliphatic hydroxyl groups excluding tert-OH is 1. The van der Waals surface area contributed by atoms with Crippen molar-refractivity contribution in [2.45, 2.75) is 44.4 Å². The van der Waals surface area contributed by atoms with E-state index in [1.54, 1.807) is 6.07 Å². The summed E-state index contributed by atoms with van der Waals surface area (Å²) in [5, 5.41) is 15.1. The minimum absolute atomic E-state index is 0.0631. The van der Waals surface area contributed by atoms with Gasteiger partial charge in [0.25, 0.3) is 11.8 Å². The van der Waals surface area contributed by atoms with Crippen LogP contribution in [0, 0.1) is 0 Å². The number of aliphatic hydroxyl groups is 1. The van der Waals surface area contributed by atoms with E-state index in [0.29, 0.717) is 18.6 Å². The quantitative estimate of drug-likeness (QED) is 0.625. The van der Waals surface area contributed by atoms with E-state index in [1.165, 1.54) is 7.05 Å². The van der Waals surface area contributed by atoms with Crippen molar-refractivity contribution in [2.75, 3.05) is 7.05 Å². The van der Waals surface area contributed by atoms with Crippen LogP contribution in [0.5, 0.6) is 5.75 Å². The Morgan fingerprint density at radius 1 is 1.22 bits per heavy atom. The summed E-state index contributed by atoms with van der Waals surface area (Å²) in [6.45, 7) is 1.88. The summed E-state index contributed by atoms with van der Waals surface area (Å²) in [6, 6.07) is 11.1. The summed E-state index contributed by atoms with van der Waals surface area (Å²) in [5.41, 5.74) is 1.43. The van der Waals surface area contributed by atoms with Gasteiger partial charge in [0, 0.05) is 19.2 Å². The first-order chi connectivity index (χ1) is 13.0. The molecule has 3 atom stereocenters. The second kappa shape index (κ2) is 8.26. The van der Waals surface area contributed by atoms with E-state index in [2.05, 4.69) is 15.6 Å². The third-order valence-electron chi connectivity index (χ3n) is 4.79. The molecule has 1 fully saturated rings. The molecular weight excluding hydrogens is 346 g/mol. The first-order valence-corrected chi connectivity index (χ1v) is 9.13. The number of H-pyrrole nitrogens is 1. The Bertz CT molecular complexity index is 803. The number of carbonyl (C=O) groups excluding carboxylic acids is 2. The van der Waals surface area contributed by atoms with Crippen LogP contribution in [0.4, 0.5) is 0 Å². The van der Waals surface area contributed by atoms with Crippen LogP contribution >= 0.6 is 0 Å². The van der Waals surface area contributed by atoms with Crippen molar-refractivity contribution in [3.8, 4) is 5.75 Å². The number of nitrogens with one attached hydrogen (secondary N) is 3. The van der Waals surface area contributed by atoms with Crippen molar-refractivity contribution in [2.24, 2.45) is 0 Å². The molecular formula is C20H25N3O4. The van der Waals surface area contributed by atoms with Crippen LogP contribution in [0.3, 0.4) is 0 Å². The Labute approximate surface area is 158 Å². The van der Waals surface area contributed by atoms with Crippen LogP contribution in [-0.4, -0.2) is 41.1 Å². The largest absolute Gasteiger partial charge is 0.484 e. The number of aromatic amines is 1. The van der Waals surface area contributed by atoms with Gasteiger partial charge in [0.15, 0.2) is 5.75 Å². The van der Waals surface area contributed by atoms with Gasteiger partial charge >= 0.3 is 0 Å². The maximum absolute atomic E-state index is 12.5. The Balaban J connectivity index is 1.78. The van der Waals surface area contributed by atoms with E-state index >= 15 is 0 Å². The third-order valence-corrected chi connectivity index (χ3v) is 4.79. The fourth-order valence-electron chi connectivity index (χ4n) is 3.28. The number of carbonyl (C=O) groups is 2. The van der Waals surface area contributed by atoms with Crippen molar-refractivity contribution in [1.82, 2.24) is 15.6 Å². The second-order valence-electron chi connectivity index (χ2n) is 6.81. The van der Waals surface area contributed by atoms with Gasteiger partial charge in [0.05, 0.1) is 6.10 Å². The predicted molar refractivity (Wildman–Crippen MR) is 101 cm³/mol. The van der Waals surface area contributed by atoms with Gasteiger partial charge in [-0.25, -0.2) is 0 Å². The van der Waals surface area contributed by atoms with Crippen LogP contribution in [0.15, 0.2) is 36.4 Å². The van der Waals surface area contributed by atoms with Crippen molar-refractivity contribution >= 4 is 11.8 Å². The Kier molecular flexibility index (Phi) is 5.81. The first-order valence-electron chi connectivity index (χ1n) is 9.13. The highest BCUT2D eigenvalue weighted by Crippen LogP contribution is 2.27. The molecule has 1 aromatic heterocycles. The molecule has 1 aliphatic rings. The molecule has 1 heterocycles. The summed E-state index contributed by atoms with van der Waals surface area (Å²) >= 11 is 0. The zero-order valence-electron chi connectivity index (χ0n) is 15.5. The number of amides is 2. The van der Waals surface area contributed by atoms with Gasteiger partial charge in [-0.1, -0.05) is 30.3 Å². The molecule has 2 amide bonds. The van der Waals surface area contributed by atoms with E-state index < -0.39 is 0 Å². The molecule has 1 aromatic carbocycles. The van der Waals surface area contributed by atoms with Crippen LogP contribution in [0.2, 0.25) is 0 Å². The monoisotopic (exact) mass is 371 g/mol. The molecule has 4 N–H and O–H groups in total. The molecule has 2 aromatic rings. The van der Waals surface area contributed by atoms with Crippen LogP contribution in [-0.2, 0) is 0 Å². The van der Waals surface area contributed by atoms with E-state index in [-0.39, 0.29) is 41.5 Å². The van der Waals surface area contributed by atoms with Crippen molar-refractivity contribution in [1.29, 1.82) is 0 Å². The molecule has 1 aliphatic carbocycles. The topological polar surface area (TPSA) is 103 Å². The zero-order chi connectivity index (χ0) is 19.4. The van der Waals surface area contributed by atoms with E-state index in [1.807, 2.05) is 37.3 Å². The lowest BCUT2D eigenvalue weighted by Crippen LogP contribution is -2.33. The minimum atomic E-state index is -0.369. The number of aromatic nitrogens is 1. The maximum atomic E-state index is 12.5. The molecule has 0 radical (unpaired) electrons. The molecule has 3 rings (SSSR count). The molecule has 0 spiro atoms. The molecule has 0 bridgehead atoms. The number of hydrogen-bond donors (Lipinski definition) is 4. The number of hydrogen-bond acceptors (Lipinski definition) is 4. The predicted octanol–water partition coefficient (Wildman–Crippen LogP) is 2.16. The summed E-state index contributed by atoms with van der Waals surface area (Å²) in [5.74, 6) is -0.357. The molecule has 27 heavy (non-hydrogen) atoms. The summed E-state index contributed by atoms with van der Waals surface area (Å²) in [7, 11) is 1.52. The fraction of sp³-hybridized carbons (Fsp3) is 0.400. The van der Waals surface area contributed by atoms with E-state index in [4.69, 9.17) is 4.74 Å². The van der Waals surface area contributed by atoms with E-state index in [0.717, 1.165) is 12.0 Å². The maximum Gasteiger partial charge on any atom is 0.271 e. The Hall–Kier alpha value is -2.80. The van der Waals surface area contributed by atoms with Gasteiger partial charge in [0.2, 0.25) is 0 Å². The Morgan fingerprint density at radius 3 is 2.59 bits per heavy atom. The lowest BCUT2D eigenvalue weighted by Gasteiger charge is -2.15. The minimum Gasteiger partial charge on any atom is -0.484 e. The summed E-state index contributed by atoms with van der Waals surface area (Å²) in [6.07, 6.45) is 1.31. The summed E-state index contributed by atoms with van der Waals surface area (Å²) < 4.78 is 5.96. The first kappa shape index (κ1) is 19.0. The van der Waals surface area contributed by atoms with Crippen molar-refractivity contribution < 1.29 is 19.4 Å². The highest BCUT2D eigenvalue weighted by molar-refractivity contribution is 5.99. The van der Waals surface area contributed by atoms with Gasteiger partial charge in [0.1, 0.15) is 17.5 Å². The molecule has 0 saturated heterocycles. The highest BCUT2D eigenvalue weighted by atomic mass is 16.5. The van der Waals surface area contributed by atoms with Crippen LogP contribution in [0.1, 0.15) is 58.8 Å². The van der Waals surface area contributed by atoms with Crippen LogP contribution < -0.4 is 15.4 Å². The molecule has 0 aliphatic heterocycles. The van der Waals surface area contributed by atoms with Gasteiger partial charge in [-0.05, 0) is 31.7 Å². The molecule has 144 valence electrons. The summed E-state index contributed by atoms with van der Waals surface area (Å²) in [4.78, 5) is 27.6. The average Bonchev–Trinajstić information content (AvgIpc) is 3.28. The zero-order valence-corrected chi connectivity index (χ0v) is 15.5. The van der Waals surface area contributed by atoms with Gasteiger partial charge in [-0.2, -0.15) is 0 Å². The highest BCUT2D eigenvalue weighted by Gasteiger charge is 2.26. The Morgan fingerprint density at radius 2 is 1.96 bits per heavy atom. The number of ether oxygens (including phenoxy) is 1. The average molecular weight is 371 g/mol. The lowest BCUT2D eigenvalue weighted by molar-refractivity contribution is 0.0929. The van der Waals surface area contributed by atoms with Gasteiger partial charge < -0.3 is 25.5 Å². The lowest BCUT2D eigenvalue weighted by atomic mass is 10.1. The van der Waals surface area contributed by atoms with Gasteiger partial charge in [-0.3, -0.25) is 9.59 Å².